The minimum Gasteiger partial charge on any atom is -0.593 e. The molecule has 0 aliphatic carbocycles. The van der Waals surface area contributed by atoms with Gasteiger partial charge in [0.05, 0.1) is 34.9 Å². The first-order valence-electron chi connectivity index (χ1n) is 14.3. The topological polar surface area (TPSA) is 94.3 Å². The Hall–Kier alpha value is -3.41. The van der Waals surface area contributed by atoms with Gasteiger partial charge in [0.2, 0.25) is 0 Å². The predicted octanol–water partition coefficient (Wildman–Crippen LogP) is 6.66. The Labute approximate surface area is 252 Å². The maximum Gasteiger partial charge on any atom is 0.416 e. The number of aryl methyl sites for hydroxylation is 3. The van der Waals surface area contributed by atoms with Crippen LogP contribution in [-0.2, 0) is 41.8 Å². The second-order valence-corrected chi connectivity index (χ2v) is 13.0. The highest BCUT2D eigenvalue weighted by molar-refractivity contribution is 7.89. The lowest BCUT2D eigenvalue weighted by molar-refractivity contribution is -0.141. The van der Waals surface area contributed by atoms with Crippen molar-refractivity contribution in [2.24, 2.45) is 11.8 Å². The molecule has 1 aliphatic rings. The Morgan fingerprint density at radius 1 is 1.16 bits per heavy atom. The number of hydrogen-bond acceptors (Lipinski definition) is 5. The molecular weight excluding hydrogens is 577 g/mol. The van der Waals surface area contributed by atoms with E-state index in [1.807, 2.05) is 58.0 Å². The second-order valence-electron chi connectivity index (χ2n) is 11.5. The van der Waals surface area contributed by atoms with Crippen LogP contribution in [0.15, 0.2) is 53.4 Å². The number of benzene rings is 3. The summed E-state index contributed by atoms with van der Waals surface area (Å²) in [6, 6.07) is 13.2. The second kappa shape index (κ2) is 11.9. The van der Waals surface area contributed by atoms with Crippen LogP contribution in [0.4, 0.5) is 13.2 Å². The monoisotopic (exact) mass is 612 g/mol. The zero-order valence-corrected chi connectivity index (χ0v) is 25.6. The number of rotatable bonds is 7. The van der Waals surface area contributed by atoms with Crippen molar-refractivity contribution in [1.29, 1.82) is 0 Å². The molecule has 2 heterocycles. The quantitative estimate of drug-likeness (QED) is 0.235. The van der Waals surface area contributed by atoms with Gasteiger partial charge in [-0.25, -0.2) is 4.68 Å². The van der Waals surface area contributed by atoms with Crippen LogP contribution >= 0.6 is 0 Å². The fraction of sp³-hybridized carbons (Fsp3) is 0.406. The molecule has 4 aromatic rings. The van der Waals surface area contributed by atoms with E-state index in [9.17, 15) is 27.6 Å². The van der Waals surface area contributed by atoms with Gasteiger partial charge < -0.3 is 9.66 Å². The summed E-state index contributed by atoms with van der Waals surface area (Å²) in [6.45, 7) is 10.9. The summed E-state index contributed by atoms with van der Waals surface area (Å²) in [5.74, 6) is -2.19. The molecule has 11 heteroatoms. The lowest BCUT2D eigenvalue weighted by Gasteiger charge is -2.27. The van der Waals surface area contributed by atoms with Gasteiger partial charge in [-0.3, -0.25) is 4.79 Å². The molecule has 0 saturated heterocycles. The number of carboxylic acid groups (broad SMARTS) is 1. The van der Waals surface area contributed by atoms with Gasteiger partial charge in [-0.2, -0.15) is 13.2 Å². The largest absolute Gasteiger partial charge is 0.593 e. The van der Waals surface area contributed by atoms with E-state index in [0.717, 1.165) is 51.0 Å². The number of aliphatic carboxylic acids is 1. The van der Waals surface area contributed by atoms with E-state index in [1.54, 1.807) is 15.9 Å². The fourth-order valence-corrected chi connectivity index (χ4v) is 7.56. The Bertz CT molecular complexity index is 1670. The van der Waals surface area contributed by atoms with Crippen LogP contribution < -0.4 is 0 Å². The highest BCUT2D eigenvalue weighted by atomic mass is 32.2. The summed E-state index contributed by atoms with van der Waals surface area (Å²) in [6.07, 6.45) is -4.08. The number of carboxylic acids is 1. The SMILES string of the molecule is CCn1nnc2c(C)c([C@H](c3ccc(C)c(CN4C[C@@H](C)Cc5cc(C(F)(F)F)ccc5[S+]4[O-])c3)[C@@H](C)C(=O)O)ccc21. The van der Waals surface area contributed by atoms with Crippen molar-refractivity contribution in [3.8, 4) is 0 Å². The Morgan fingerprint density at radius 2 is 1.91 bits per heavy atom. The van der Waals surface area contributed by atoms with Gasteiger partial charge in [0.15, 0.2) is 4.90 Å². The van der Waals surface area contributed by atoms with Gasteiger partial charge in [-0.05, 0) is 85.2 Å². The smallest absolute Gasteiger partial charge is 0.416 e. The average Bonchev–Trinajstić information content (AvgIpc) is 3.33. The van der Waals surface area contributed by atoms with Gasteiger partial charge in [-0.1, -0.05) is 43.3 Å². The van der Waals surface area contributed by atoms with Crippen molar-refractivity contribution in [3.63, 3.8) is 0 Å². The van der Waals surface area contributed by atoms with E-state index in [4.69, 9.17) is 0 Å². The average molecular weight is 613 g/mol. The van der Waals surface area contributed by atoms with Crippen LogP contribution in [0.25, 0.3) is 11.0 Å². The molecule has 1 N–H and O–H groups in total. The summed E-state index contributed by atoms with van der Waals surface area (Å²) in [4.78, 5) is 12.7. The van der Waals surface area contributed by atoms with Crippen LogP contribution in [0, 0.1) is 25.7 Å². The minimum atomic E-state index is -4.47. The van der Waals surface area contributed by atoms with Gasteiger partial charge in [0, 0.05) is 24.6 Å². The number of carbonyl (C=O) groups is 1. The first kappa shape index (κ1) is 31.0. The lowest BCUT2D eigenvalue weighted by atomic mass is 9.79. The third kappa shape index (κ3) is 6.03. The molecule has 0 amide bonds. The molecule has 1 aliphatic heterocycles. The Kier molecular flexibility index (Phi) is 8.61. The molecule has 0 radical (unpaired) electrons. The van der Waals surface area contributed by atoms with Gasteiger partial charge >= 0.3 is 12.1 Å². The van der Waals surface area contributed by atoms with Crippen molar-refractivity contribution in [2.45, 2.75) is 71.1 Å². The highest BCUT2D eigenvalue weighted by Gasteiger charge is 2.37. The van der Waals surface area contributed by atoms with Crippen LogP contribution in [-0.4, -0.2) is 41.5 Å². The third-order valence-corrected chi connectivity index (χ3v) is 10.0. The molecule has 0 spiro atoms. The number of hydrogen-bond donors (Lipinski definition) is 1. The van der Waals surface area contributed by atoms with Crippen molar-refractivity contribution >= 4 is 28.4 Å². The molecule has 4 atom stereocenters. The van der Waals surface area contributed by atoms with Crippen LogP contribution in [0.5, 0.6) is 0 Å². The first-order chi connectivity index (χ1) is 20.3. The molecule has 0 bridgehead atoms. The van der Waals surface area contributed by atoms with Crippen molar-refractivity contribution < 1.29 is 27.6 Å². The van der Waals surface area contributed by atoms with Gasteiger partial charge in [0.25, 0.3) is 0 Å². The molecule has 3 aromatic carbocycles. The Balaban J connectivity index is 1.53. The number of halogens is 3. The van der Waals surface area contributed by atoms with Crippen LogP contribution in [0.1, 0.15) is 65.6 Å². The number of alkyl halides is 3. The van der Waals surface area contributed by atoms with Crippen molar-refractivity contribution in [2.75, 3.05) is 6.54 Å². The maximum atomic E-state index is 13.8. The fourth-order valence-electron chi connectivity index (χ4n) is 6.08. The summed E-state index contributed by atoms with van der Waals surface area (Å²) >= 11 is -1.67. The molecule has 5 rings (SSSR count). The van der Waals surface area contributed by atoms with E-state index >= 15 is 0 Å². The zero-order valence-electron chi connectivity index (χ0n) is 24.8. The molecule has 228 valence electrons. The number of nitrogens with zero attached hydrogens (tertiary/aromatic N) is 4. The number of aromatic nitrogens is 3. The highest BCUT2D eigenvalue weighted by Crippen LogP contribution is 2.39. The van der Waals surface area contributed by atoms with Crippen LogP contribution in [0.2, 0.25) is 0 Å². The third-order valence-electron chi connectivity index (χ3n) is 8.48. The number of fused-ring (bicyclic) bond motifs is 2. The zero-order chi connectivity index (χ0) is 31.2. The molecular formula is C32H35F3N4O3S. The van der Waals surface area contributed by atoms with E-state index < -0.39 is 40.9 Å². The summed E-state index contributed by atoms with van der Waals surface area (Å²) in [7, 11) is 0. The molecule has 7 nitrogen and oxygen atoms in total. The normalized spacial score (nSPS) is 19.2. The summed E-state index contributed by atoms with van der Waals surface area (Å²) < 4.78 is 57.5. The van der Waals surface area contributed by atoms with E-state index in [1.165, 1.54) is 6.07 Å². The van der Waals surface area contributed by atoms with E-state index in [2.05, 4.69) is 10.3 Å². The van der Waals surface area contributed by atoms with Crippen LogP contribution in [0.3, 0.4) is 0 Å². The molecule has 43 heavy (non-hydrogen) atoms. The van der Waals surface area contributed by atoms with E-state index in [0.29, 0.717) is 36.5 Å². The Morgan fingerprint density at radius 3 is 2.58 bits per heavy atom. The molecule has 1 aromatic heterocycles. The maximum absolute atomic E-state index is 13.8. The van der Waals surface area contributed by atoms with Gasteiger partial charge in [-0.15, -0.1) is 9.40 Å². The van der Waals surface area contributed by atoms with Crippen molar-refractivity contribution in [3.05, 3.63) is 87.5 Å². The molecule has 0 fully saturated rings. The summed E-state index contributed by atoms with van der Waals surface area (Å²) in [5.41, 5.74) is 5.69. The summed E-state index contributed by atoms with van der Waals surface area (Å²) in [5, 5.41) is 18.7. The van der Waals surface area contributed by atoms with Crippen molar-refractivity contribution in [1.82, 2.24) is 19.3 Å². The van der Waals surface area contributed by atoms with E-state index in [-0.39, 0.29) is 5.92 Å². The minimum absolute atomic E-state index is 0.0251. The van der Waals surface area contributed by atoms with Gasteiger partial charge in [0.1, 0.15) is 5.52 Å². The predicted molar refractivity (Wildman–Crippen MR) is 159 cm³/mol. The lowest BCUT2D eigenvalue weighted by Crippen LogP contribution is -2.33. The molecule has 1 unspecified atom stereocenters. The molecule has 0 saturated carbocycles. The standard InChI is InChI=1S/C32H35F3N4O3S/c1-6-39-27-11-10-26(20(4)30(27)36-37-39)29(21(5)31(40)41)22-8-7-19(3)24(14-22)17-38-16-18(2)13-23-15-25(32(33,34)35)9-12-28(23)43(38)42/h7-12,14-15,18,21,29H,6,13,16-17H2,1-5H3,(H,40,41)/t18-,21+,29-,43?/m0/s1. The first-order valence-corrected chi connectivity index (χ1v) is 15.4.